The number of amides is 1. The van der Waals surface area contributed by atoms with Crippen LogP contribution in [-0.2, 0) is 4.79 Å². The predicted molar refractivity (Wildman–Crippen MR) is 97.4 cm³/mol. The largest absolute Gasteiger partial charge is 0.322 e. The normalized spacial score (nSPS) is 16.8. The SMILES string of the molecule is Cc1nn(-c2nc3ccccc3[nH]2)c2c1[C@H](c1ccsc1)CC(=O)N2. The fourth-order valence-corrected chi connectivity index (χ4v) is 4.21. The van der Waals surface area contributed by atoms with Crippen LogP contribution in [0.1, 0.15) is 29.2 Å². The van der Waals surface area contributed by atoms with Gasteiger partial charge in [-0.25, -0.2) is 4.98 Å². The highest BCUT2D eigenvalue weighted by molar-refractivity contribution is 7.08. The first-order chi connectivity index (χ1) is 12.2. The minimum atomic E-state index is 0.000890. The Morgan fingerprint density at radius 2 is 2.16 bits per heavy atom. The molecule has 3 aromatic heterocycles. The van der Waals surface area contributed by atoms with Gasteiger partial charge in [0.05, 0.1) is 16.7 Å². The number of H-pyrrole nitrogens is 1. The van der Waals surface area contributed by atoms with Gasteiger partial charge in [0, 0.05) is 17.9 Å². The van der Waals surface area contributed by atoms with E-state index in [2.05, 4.69) is 31.8 Å². The lowest BCUT2D eigenvalue weighted by molar-refractivity contribution is -0.116. The van der Waals surface area contributed by atoms with Crippen molar-refractivity contribution in [3.8, 4) is 5.95 Å². The Kier molecular flexibility index (Phi) is 3.05. The van der Waals surface area contributed by atoms with Crippen LogP contribution in [0.25, 0.3) is 17.0 Å². The zero-order chi connectivity index (χ0) is 17.0. The van der Waals surface area contributed by atoms with Crippen LogP contribution in [0.3, 0.4) is 0 Å². The molecule has 4 heterocycles. The molecule has 1 aromatic carbocycles. The summed E-state index contributed by atoms with van der Waals surface area (Å²) in [6, 6.07) is 9.91. The third-order valence-corrected chi connectivity index (χ3v) is 5.33. The number of aromatic amines is 1. The molecule has 4 aromatic rings. The number of anilines is 1. The van der Waals surface area contributed by atoms with Gasteiger partial charge in [0.2, 0.25) is 11.9 Å². The highest BCUT2D eigenvalue weighted by atomic mass is 32.1. The molecule has 0 saturated carbocycles. The first-order valence-electron chi connectivity index (χ1n) is 8.07. The molecule has 1 aliphatic heterocycles. The fourth-order valence-electron chi connectivity index (χ4n) is 3.50. The summed E-state index contributed by atoms with van der Waals surface area (Å²) in [6.07, 6.45) is 0.441. The number of hydrogen-bond acceptors (Lipinski definition) is 4. The van der Waals surface area contributed by atoms with Crippen molar-refractivity contribution in [2.75, 3.05) is 5.32 Å². The molecule has 1 aliphatic rings. The Bertz CT molecular complexity index is 1060. The summed E-state index contributed by atoms with van der Waals surface area (Å²) >= 11 is 1.64. The van der Waals surface area contributed by atoms with E-state index in [9.17, 15) is 4.79 Å². The van der Waals surface area contributed by atoms with Crippen LogP contribution in [0.2, 0.25) is 0 Å². The average Bonchev–Trinajstić information content (AvgIpc) is 3.32. The molecule has 6 nitrogen and oxygen atoms in total. The van der Waals surface area contributed by atoms with Crippen molar-refractivity contribution in [3.63, 3.8) is 0 Å². The molecule has 1 amide bonds. The lowest BCUT2D eigenvalue weighted by atomic mass is 9.87. The molecule has 0 unspecified atom stereocenters. The molecule has 124 valence electrons. The van der Waals surface area contributed by atoms with Gasteiger partial charge in [0.25, 0.3) is 0 Å². The number of hydrogen-bond donors (Lipinski definition) is 2. The quantitative estimate of drug-likeness (QED) is 0.581. The number of rotatable bonds is 2. The van der Waals surface area contributed by atoms with Crippen molar-refractivity contribution < 1.29 is 4.79 Å². The Hall–Kier alpha value is -2.93. The van der Waals surface area contributed by atoms with Crippen molar-refractivity contribution in [1.82, 2.24) is 19.7 Å². The number of carbonyl (C=O) groups is 1. The maximum absolute atomic E-state index is 12.3. The molecule has 0 radical (unpaired) electrons. The van der Waals surface area contributed by atoms with Crippen molar-refractivity contribution >= 4 is 34.1 Å². The van der Waals surface area contributed by atoms with Gasteiger partial charge in [-0.3, -0.25) is 4.79 Å². The molecule has 0 spiro atoms. The molecule has 25 heavy (non-hydrogen) atoms. The number of fused-ring (bicyclic) bond motifs is 2. The smallest absolute Gasteiger partial charge is 0.231 e. The highest BCUT2D eigenvalue weighted by Crippen LogP contribution is 2.40. The summed E-state index contributed by atoms with van der Waals surface area (Å²) in [4.78, 5) is 20.2. The maximum atomic E-state index is 12.3. The van der Waals surface area contributed by atoms with E-state index >= 15 is 0 Å². The van der Waals surface area contributed by atoms with Crippen LogP contribution in [0, 0.1) is 6.92 Å². The van der Waals surface area contributed by atoms with E-state index in [1.165, 1.54) is 0 Å². The number of nitrogens with one attached hydrogen (secondary N) is 2. The number of carbonyl (C=O) groups excluding carboxylic acids is 1. The number of aryl methyl sites for hydroxylation is 1. The van der Waals surface area contributed by atoms with Gasteiger partial charge in [-0.2, -0.15) is 21.1 Å². The van der Waals surface area contributed by atoms with Crippen LogP contribution in [-0.4, -0.2) is 25.7 Å². The van der Waals surface area contributed by atoms with E-state index in [0.29, 0.717) is 18.2 Å². The summed E-state index contributed by atoms with van der Waals surface area (Å²) < 4.78 is 1.71. The molecule has 0 saturated heterocycles. The van der Waals surface area contributed by atoms with Gasteiger partial charge >= 0.3 is 0 Å². The van der Waals surface area contributed by atoms with Gasteiger partial charge in [-0.1, -0.05) is 12.1 Å². The Labute approximate surface area is 147 Å². The van der Waals surface area contributed by atoms with Crippen LogP contribution in [0.15, 0.2) is 41.1 Å². The molecular weight excluding hydrogens is 334 g/mol. The van der Waals surface area contributed by atoms with E-state index < -0.39 is 0 Å². The average molecular weight is 349 g/mol. The standard InChI is InChI=1S/C18H15N5OS/c1-10-16-12(11-6-7-25-9-11)8-15(24)21-17(16)23(22-10)18-19-13-4-2-3-5-14(13)20-18/h2-7,9,12H,8H2,1H3,(H,19,20)(H,21,24)/t12-/m0/s1. The monoisotopic (exact) mass is 349 g/mol. The minimum Gasteiger partial charge on any atom is -0.322 e. The van der Waals surface area contributed by atoms with Crippen molar-refractivity contribution in [3.05, 3.63) is 57.9 Å². The summed E-state index contributed by atoms with van der Waals surface area (Å²) in [7, 11) is 0. The molecule has 1 atom stereocenters. The summed E-state index contributed by atoms with van der Waals surface area (Å²) in [5, 5.41) is 11.8. The summed E-state index contributed by atoms with van der Waals surface area (Å²) in [5.41, 5.74) is 4.95. The zero-order valence-electron chi connectivity index (χ0n) is 13.5. The van der Waals surface area contributed by atoms with Gasteiger partial charge in [-0.05, 0) is 41.4 Å². The minimum absolute atomic E-state index is 0.000890. The van der Waals surface area contributed by atoms with E-state index in [-0.39, 0.29) is 11.8 Å². The lowest BCUT2D eigenvalue weighted by Crippen LogP contribution is -2.24. The van der Waals surface area contributed by atoms with E-state index in [4.69, 9.17) is 0 Å². The number of aromatic nitrogens is 4. The second-order valence-electron chi connectivity index (χ2n) is 6.20. The van der Waals surface area contributed by atoms with Crippen LogP contribution >= 0.6 is 11.3 Å². The third kappa shape index (κ3) is 2.20. The lowest BCUT2D eigenvalue weighted by Gasteiger charge is -2.23. The number of thiophene rings is 1. The fraction of sp³-hybridized carbons (Fsp3) is 0.167. The van der Waals surface area contributed by atoms with Gasteiger partial charge in [0.1, 0.15) is 5.82 Å². The third-order valence-electron chi connectivity index (χ3n) is 4.63. The van der Waals surface area contributed by atoms with Gasteiger partial charge in [-0.15, -0.1) is 0 Å². The second-order valence-corrected chi connectivity index (χ2v) is 6.98. The summed E-state index contributed by atoms with van der Waals surface area (Å²) in [5.74, 6) is 1.36. The van der Waals surface area contributed by atoms with Crippen molar-refractivity contribution in [2.45, 2.75) is 19.3 Å². The van der Waals surface area contributed by atoms with Crippen LogP contribution in [0.4, 0.5) is 5.82 Å². The molecular formula is C18H15N5OS. The molecule has 7 heteroatoms. The summed E-state index contributed by atoms with van der Waals surface area (Å²) in [6.45, 7) is 1.98. The van der Waals surface area contributed by atoms with Gasteiger partial charge in [0.15, 0.2) is 0 Å². The first-order valence-corrected chi connectivity index (χ1v) is 9.01. The Balaban J connectivity index is 1.70. The number of benzene rings is 1. The van der Waals surface area contributed by atoms with Crippen LogP contribution < -0.4 is 5.32 Å². The molecule has 5 rings (SSSR count). The molecule has 0 aliphatic carbocycles. The Morgan fingerprint density at radius 3 is 2.96 bits per heavy atom. The van der Waals surface area contributed by atoms with E-state index in [1.807, 2.05) is 36.6 Å². The molecule has 2 N–H and O–H groups in total. The number of imidazole rings is 1. The first kappa shape index (κ1) is 14.4. The zero-order valence-corrected chi connectivity index (χ0v) is 14.3. The maximum Gasteiger partial charge on any atom is 0.231 e. The predicted octanol–water partition coefficient (Wildman–Crippen LogP) is 3.59. The number of nitrogens with zero attached hydrogens (tertiary/aromatic N) is 3. The molecule has 0 bridgehead atoms. The van der Waals surface area contributed by atoms with E-state index in [0.717, 1.165) is 27.9 Å². The van der Waals surface area contributed by atoms with Crippen molar-refractivity contribution in [1.29, 1.82) is 0 Å². The highest BCUT2D eigenvalue weighted by Gasteiger charge is 2.33. The Morgan fingerprint density at radius 1 is 1.28 bits per heavy atom. The topological polar surface area (TPSA) is 75.6 Å². The van der Waals surface area contributed by atoms with Crippen molar-refractivity contribution in [2.24, 2.45) is 0 Å². The number of para-hydroxylation sites is 2. The van der Waals surface area contributed by atoms with Crippen LogP contribution in [0.5, 0.6) is 0 Å². The molecule has 0 fully saturated rings. The second kappa shape index (κ2) is 5.29. The van der Waals surface area contributed by atoms with E-state index in [1.54, 1.807) is 16.0 Å². The van der Waals surface area contributed by atoms with Gasteiger partial charge < -0.3 is 10.3 Å².